The minimum absolute atomic E-state index is 0. The topological polar surface area (TPSA) is 120 Å². The summed E-state index contributed by atoms with van der Waals surface area (Å²) < 4.78 is 0. The van der Waals surface area contributed by atoms with Crippen LogP contribution in [0.25, 0.3) is 0 Å². The molecule has 4 N–H and O–H groups in total. The molecule has 6 heavy (non-hydrogen) atoms. The average molecular weight is 237 g/mol. The molecule has 0 bridgehead atoms. The predicted octanol–water partition coefficient (Wildman–Crippen LogP) is -1.09. The van der Waals surface area contributed by atoms with E-state index in [4.69, 9.17) is 0 Å². The molecule has 0 atom stereocenters. The van der Waals surface area contributed by atoms with Gasteiger partial charge >= 0.3 is 62.4 Å². The molecule has 0 amide bonds. The van der Waals surface area contributed by atoms with E-state index in [1.165, 1.54) is 0 Å². The number of rotatable bonds is 0. The van der Waals surface area contributed by atoms with Crippen molar-refractivity contribution in [1.29, 1.82) is 0 Å². The summed E-state index contributed by atoms with van der Waals surface area (Å²) in [6.45, 7) is 0. The van der Waals surface area contributed by atoms with Gasteiger partial charge in [0.05, 0.1) is 0 Å². The second-order valence-electron chi connectivity index (χ2n) is 0. The Morgan fingerprint density at radius 3 is 0.500 bits per heavy atom. The summed E-state index contributed by atoms with van der Waals surface area (Å²) in [6, 6.07) is 0. The maximum absolute atomic E-state index is 0. The molecule has 0 aliphatic rings. The molecule has 6 heteroatoms. The first-order valence-corrected chi connectivity index (χ1v) is 0. The summed E-state index contributed by atoms with van der Waals surface area (Å²) in [5.74, 6) is 0. The van der Waals surface area contributed by atoms with E-state index in [1.807, 2.05) is 0 Å². The van der Waals surface area contributed by atoms with Gasteiger partial charge in [-0.25, -0.2) is 0 Å². The Morgan fingerprint density at radius 2 is 0.500 bits per heavy atom. The molecule has 0 fully saturated rings. The first kappa shape index (κ1) is 114. The van der Waals surface area contributed by atoms with E-state index < -0.39 is 0 Å². The van der Waals surface area contributed by atoms with Crippen LogP contribution in [0.2, 0.25) is 0 Å². The van der Waals surface area contributed by atoms with Crippen LogP contribution in [0.4, 0.5) is 0 Å². The van der Waals surface area contributed by atoms with Crippen molar-refractivity contribution < 1.29 is 21.9 Å². The van der Waals surface area contributed by atoms with Crippen molar-refractivity contribution in [1.82, 2.24) is 0 Å². The van der Waals surface area contributed by atoms with E-state index in [2.05, 4.69) is 0 Å². The zero-order chi connectivity index (χ0) is 0. The van der Waals surface area contributed by atoms with Crippen LogP contribution in [0.1, 0.15) is 0 Å². The third kappa shape index (κ3) is 42.1. The standard InChI is InChI=1S/Ba.4H2O.S/h;4*1H2;/q+2;;;;;+2/p-4. The Morgan fingerprint density at radius 1 is 0.500 bits per heavy atom. The van der Waals surface area contributed by atoms with Crippen molar-refractivity contribution in [3.8, 4) is 0 Å². The molecule has 0 aromatic rings. The van der Waals surface area contributed by atoms with Gasteiger partial charge in [-0.3, -0.25) is 0 Å². The third-order valence-corrected chi connectivity index (χ3v) is 0. The molecule has 0 aromatic heterocycles. The molecule has 0 spiro atoms. The van der Waals surface area contributed by atoms with Crippen LogP contribution >= 0.6 is 0 Å². The van der Waals surface area contributed by atoms with Gasteiger partial charge < -0.3 is 21.9 Å². The van der Waals surface area contributed by atoms with Gasteiger partial charge in [0.15, 0.2) is 0 Å². The molecule has 4 radical (unpaired) electrons. The fraction of sp³-hybridized carbons (Fsp3) is 0. The first-order chi connectivity index (χ1) is 0. The van der Waals surface area contributed by atoms with Crippen molar-refractivity contribution in [2.45, 2.75) is 0 Å². The minimum atomic E-state index is 0. The fourth-order valence-electron chi connectivity index (χ4n) is 0. The molecule has 0 saturated carbocycles. The van der Waals surface area contributed by atoms with Gasteiger partial charge in [0, 0.05) is 0 Å². The Balaban J connectivity index is 0. The van der Waals surface area contributed by atoms with Gasteiger partial charge in [0.25, 0.3) is 0 Å². The van der Waals surface area contributed by atoms with E-state index in [1.54, 1.807) is 0 Å². The Kier molecular flexibility index (Phi) is 1380. The molecule has 0 rings (SSSR count). The normalized spacial score (nSPS) is 0. The molecule has 0 unspecified atom stereocenters. The van der Waals surface area contributed by atoms with Crippen LogP contribution in [0, 0.1) is 0 Å². The minimum Gasteiger partial charge on any atom is -0.870 e. The Bertz CT molecular complexity index is 7.51. The molecule has 0 aliphatic carbocycles. The summed E-state index contributed by atoms with van der Waals surface area (Å²) in [6.07, 6.45) is 0. The van der Waals surface area contributed by atoms with Crippen molar-refractivity contribution in [2.24, 2.45) is 0 Å². The zero-order valence-electron chi connectivity index (χ0n) is 2.90. The van der Waals surface area contributed by atoms with Crippen LogP contribution in [0.3, 0.4) is 0 Å². The van der Waals surface area contributed by atoms with E-state index in [0.717, 1.165) is 0 Å². The van der Waals surface area contributed by atoms with E-state index in [0.29, 0.717) is 0 Å². The molecule has 0 heterocycles. The van der Waals surface area contributed by atoms with Gasteiger partial charge in [0.2, 0.25) is 0 Å². The van der Waals surface area contributed by atoms with Crippen LogP contribution in [-0.4, -0.2) is 70.8 Å². The van der Waals surface area contributed by atoms with Crippen LogP contribution < -0.4 is 0 Å². The zero-order valence-corrected chi connectivity index (χ0v) is 8.16. The first-order valence-electron chi connectivity index (χ1n) is 0. The summed E-state index contributed by atoms with van der Waals surface area (Å²) in [4.78, 5) is 0. The van der Waals surface area contributed by atoms with Gasteiger partial charge in [-0.1, -0.05) is 0 Å². The van der Waals surface area contributed by atoms with Gasteiger partial charge in [-0.2, -0.15) is 0 Å². The average Bonchev–Trinajstić information content (AvgIpc) is 0. The Hall–Kier alpha value is 1.76. The molecule has 0 aromatic carbocycles. The Labute approximate surface area is 83.1 Å². The molecular formula is H4BaO4S. The van der Waals surface area contributed by atoms with Crippen molar-refractivity contribution >= 4 is 62.4 Å². The third-order valence-electron chi connectivity index (χ3n) is 0. The largest absolute Gasteiger partial charge is 2.00 e. The van der Waals surface area contributed by atoms with Crippen LogP contribution in [0.15, 0.2) is 0 Å². The van der Waals surface area contributed by atoms with Crippen LogP contribution in [-0.2, 0) is 13.5 Å². The van der Waals surface area contributed by atoms with Crippen molar-refractivity contribution in [2.75, 3.05) is 0 Å². The summed E-state index contributed by atoms with van der Waals surface area (Å²) in [7, 11) is 0. The van der Waals surface area contributed by atoms with E-state index in [9.17, 15) is 0 Å². The number of hydrogen-bond donors (Lipinski definition) is 0. The molecule has 4 nitrogen and oxygen atoms in total. The van der Waals surface area contributed by atoms with Crippen molar-refractivity contribution in [3.05, 3.63) is 0 Å². The summed E-state index contributed by atoms with van der Waals surface area (Å²) in [5, 5.41) is 0. The summed E-state index contributed by atoms with van der Waals surface area (Å²) in [5.41, 5.74) is 0. The van der Waals surface area contributed by atoms with Gasteiger partial charge in [-0.05, 0) is 0 Å². The quantitative estimate of drug-likeness (QED) is 0.497. The van der Waals surface area contributed by atoms with E-state index in [-0.39, 0.29) is 84.3 Å². The van der Waals surface area contributed by atoms with Crippen molar-refractivity contribution in [3.63, 3.8) is 0 Å². The van der Waals surface area contributed by atoms with Crippen LogP contribution in [0.5, 0.6) is 0 Å². The predicted molar refractivity (Wildman–Crippen MR) is 20.9 cm³/mol. The second-order valence-corrected chi connectivity index (χ2v) is 0. The number of hydrogen-bond acceptors (Lipinski definition) is 4. The molecular weight excluding hydrogens is 233 g/mol. The molecule has 0 aliphatic heterocycles. The monoisotopic (exact) mass is 238 g/mol. The smallest absolute Gasteiger partial charge is 0.870 e. The summed E-state index contributed by atoms with van der Waals surface area (Å²) >= 11 is 0. The maximum Gasteiger partial charge on any atom is 2.00 e. The maximum atomic E-state index is 0. The van der Waals surface area contributed by atoms with Gasteiger partial charge in [0.1, 0.15) is 0 Å². The molecule has 0 saturated heterocycles. The second kappa shape index (κ2) is 72.3. The molecule has 36 valence electrons. The fourth-order valence-corrected chi connectivity index (χ4v) is 0. The SMILES string of the molecule is [Ba+2].[OH-].[OH-].[OH-].[OH-].[S+2]. The van der Waals surface area contributed by atoms with E-state index >= 15 is 0 Å². The van der Waals surface area contributed by atoms with Gasteiger partial charge in [-0.15, -0.1) is 0 Å².